The number of ether oxygens (including phenoxy) is 1. The smallest absolute Gasteiger partial charge is 0.165 e. The third-order valence-corrected chi connectivity index (χ3v) is 4.75. The minimum atomic E-state index is -0.234. The number of hydrogen-bond donors (Lipinski definition) is 0. The van der Waals surface area contributed by atoms with Gasteiger partial charge in [-0.1, -0.05) is 6.92 Å². The van der Waals surface area contributed by atoms with Gasteiger partial charge in [-0.15, -0.1) is 0 Å². The van der Waals surface area contributed by atoms with Crippen molar-refractivity contribution in [3.63, 3.8) is 0 Å². The van der Waals surface area contributed by atoms with Gasteiger partial charge in [-0.3, -0.25) is 4.90 Å². The molecule has 1 aliphatic heterocycles. The van der Waals surface area contributed by atoms with Crippen molar-refractivity contribution < 1.29 is 9.13 Å². The van der Waals surface area contributed by atoms with Crippen molar-refractivity contribution in [3.05, 3.63) is 29.1 Å². The summed E-state index contributed by atoms with van der Waals surface area (Å²) in [6, 6.07) is 4.02. The standard InChI is InChI=1S/C16H23FN2O/c1-3-18-6-8-19(9-7-18)15-5-4-12-10-14(17)16(20-2)11-13(12)15/h10-11,15H,3-9H2,1-2H3. The average Bonchev–Trinajstić information content (AvgIpc) is 2.89. The molecule has 0 saturated carbocycles. The third-order valence-electron chi connectivity index (χ3n) is 4.75. The van der Waals surface area contributed by atoms with Crippen LogP contribution in [0.1, 0.15) is 30.5 Å². The number of methoxy groups -OCH3 is 1. The predicted molar refractivity (Wildman–Crippen MR) is 77.7 cm³/mol. The summed E-state index contributed by atoms with van der Waals surface area (Å²) < 4.78 is 18.9. The fourth-order valence-electron chi connectivity index (χ4n) is 3.51. The Hall–Kier alpha value is -1.13. The summed E-state index contributed by atoms with van der Waals surface area (Å²) in [7, 11) is 1.54. The van der Waals surface area contributed by atoms with Crippen molar-refractivity contribution in [2.24, 2.45) is 0 Å². The fourth-order valence-corrected chi connectivity index (χ4v) is 3.51. The minimum absolute atomic E-state index is 0.234. The number of hydrogen-bond acceptors (Lipinski definition) is 3. The zero-order valence-corrected chi connectivity index (χ0v) is 12.4. The maximum Gasteiger partial charge on any atom is 0.165 e. The molecule has 1 aromatic rings. The molecule has 0 radical (unpaired) electrons. The summed E-state index contributed by atoms with van der Waals surface area (Å²) in [4.78, 5) is 5.03. The van der Waals surface area contributed by atoms with Crippen LogP contribution in [-0.4, -0.2) is 49.6 Å². The number of piperazine rings is 1. The van der Waals surface area contributed by atoms with Gasteiger partial charge in [-0.05, 0) is 42.6 Å². The van der Waals surface area contributed by atoms with Crippen LogP contribution in [0.25, 0.3) is 0 Å². The number of halogens is 1. The lowest BCUT2D eigenvalue weighted by Gasteiger charge is -2.38. The first-order valence-corrected chi connectivity index (χ1v) is 7.55. The zero-order chi connectivity index (χ0) is 14.1. The molecular formula is C16H23FN2O. The van der Waals surface area contributed by atoms with E-state index < -0.39 is 0 Å². The van der Waals surface area contributed by atoms with E-state index in [-0.39, 0.29) is 5.82 Å². The highest BCUT2D eigenvalue weighted by molar-refractivity contribution is 5.42. The number of rotatable bonds is 3. The summed E-state index contributed by atoms with van der Waals surface area (Å²) in [5.41, 5.74) is 2.43. The second-order valence-electron chi connectivity index (χ2n) is 5.71. The van der Waals surface area contributed by atoms with Gasteiger partial charge < -0.3 is 9.64 Å². The summed E-state index contributed by atoms with van der Waals surface area (Å²) >= 11 is 0. The Bertz CT molecular complexity index is 484. The van der Waals surface area contributed by atoms with Gasteiger partial charge in [0, 0.05) is 32.2 Å². The van der Waals surface area contributed by atoms with Crippen molar-refractivity contribution in [2.75, 3.05) is 39.8 Å². The topological polar surface area (TPSA) is 15.7 Å². The molecule has 1 fully saturated rings. The second-order valence-corrected chi connectivity index (χ2v) is 5.71. The number of benzene rings is 1. The van der Waals surface area contributed by atoms with Gasteiger partial charge in [0.2, 0.25) is 0 Å². The molecule has 4 heteroatoms. The maximum atomic E-state index is 13.8. The molecule has 1 heterocycles. The predicted octanol–water partition coefficient (Wildman–Crippen LogP) is 2.46. The van der Waals surface area contributed by atoms with Gasteiger partial charge in [0.15, 0.2) is 11.6 Å². The lowest BCUT2D eigenvalue weighted by Crippen LogP contribution is -2.47. The molecule has 0 amide bonds. The van der Waals surface area contributed by atoms with Crippen LogP contribution < -0.4 is 4.74 Å². The molecule has 20 heavy (non-hydrogen) atoms. The Morgan fingerprint density at radius 2 is 2.00 bits per heavy atom. The summed E-state index contributed by atoms with van der Waals surface area (Å²) in [5, 5.41) is 0. The van der Waals surface area contributed by atoms with E-state index in [1.165, 1.54) is 12.7 Å². The molecule has 3 rings (SSSR count). The zero-order valence-electron chi connectivity index (χ0n) is 12.4. The van der Waals surface area contributed by atoms with Crippen LogP contribution in [0.4, 0.5) is 4.39 Å². The van der Waals surface area contributed by atoms with Gasteiger partial charge >= 0.3 is 0 Å². The number of nitrogens with zero attached hydrogens (tertiary/aromatic N) is 2. The van der Waals surface area contributed by atoms with Crippen molar-refractivity contribution >= 4 is 0 Å². The molecule has 0 aromatic heterocycles. The summed E-state index contributed by atoms with van der Waals surface area (Å²) in [6.07, 6.45) is 2.09. The summed E-state index contributed by atoms with van der Waals surface area (Å²) in [6.45, 7) is 7.85. The van der Waals surface area contributed by atoms with Crippen LogP contribution in [0, 0.1) is 5.82 Å². The van der Waals surface area contributed by atoms with Crippen LogP contribution in [0.5, 0.6) is 5.75 Å². The van der Waals surface area contributed by atoms with Crippen LogP contribution in [0.3, 0.4) is 0 Å². The van der Waals surface area contributed by atoms with E-state index in [2.05, 4.69) is 16.7 Å². The Labute approximate surface area is 120 Å². The molecule has 1 aliphatic carbocycles. The molecule has 2 aliphatic rings. The number of likely N-dealkylation sites (N-methyl/N-ethyl adjacent to an activating group) is 1. The van der Waals surface area contributed by atoms with Crippen molar-refractivity contribution in [1.82, 2.24) is 9.80 Å². The van der Waals surface area contributed by atoms with E-state index >= 15 is 0 Å². The molecular weight excluding hydrogens is 255 g/mol. The van der Waals surface area contributed by atoms with E-state index in [1.807, 2.05) is 6.07 Å². The highest BCUT2D eigenvalue weighted by Crippen LogP contribution is 2.39. The molecule has 1 unspecified atom stereocenters. The second kappa shape index (κ2) is 5.70. The quantitative estimate of drug-likeness (QED) is 0.844. The first kappa shape index (κ1) is 13.8. The average molecular weight is 278 g/mol. The van der Waals surface area contributed by atoms with E-state index in [9.17, 15) is 4.39 Å². The number of fused-ring (bicyclic) bond motifs is 1. The van der Waals surface area contributed by atoms with Crippen LogP contribution in [0.15, 0.2) is 12.1 Å². The monoisotopic (exact) mass is 278 g/mol. The van der Waals surface area contributed by atoms with Crippen molar-refractivity contribution in [2.45, 2.75) is 25.8 Å². The Kier molecular flexibility index (Phi) is 3.94. The van der Waals surface area contributed by atoms with Gasteiger partial charge in [-0.2, -0.15) is 0 Å². The van der Waals surface area contributed by atoms with E-state index in [0.29, 0.717) is 11.8 Å². The lowest BCUT2D eigenvalue weighted by molar-refractivity contribution is 0.0993. The summed E-state index contributed by atoms with van der Waals surface area (Å²) in [5.74, 6) is 0.144. The molecule has 1 aromatic carbocycles. The van der Waals surface area contributed by atoms with Gasteiger partial charge in [0.25, 0.3) is 0 Å². The van der Waals surface area contributed by atoms with E-state index in [1.54, 1.807) is 6.07 Å². The molecule has 0 spiro atoms. The fraction of sp³-hybridized carbons (Fsp3) is 0.625. The SMILES string of the molecule is CCN1CCN(C2CCc3cc(F)c(OC)cc32)CC1. The Balaban J connectivity index is 1.79. The molecule has 1 atom stereocenters. The normalized spacial score (nSPS) is 23.9. The van der Waals surface area contributed by atoms with Gasteiger partial charge in [-0.25, -0.2) is 4.39 Å². The van der Waals surface area contributed by atoms with E-state index in [0.717, 1.165) is 51.1 Å². The molecule has 0 bridgehead atoms. The Morgan fingerprint density at radius 3 is 2.65 bits per heavy atom. The van der Waals surface area contributed by atoms with E-state index in [4.69, 9.17) is 4.74 Å². The molecule has 1 saturated heterocycles. The van der Waals surface area contributed by atoms with Crippen LogP contribution in [0.2, 0.25) is 0 Å². The highest BCUT2D eigenvalue weighted by Gasteiger charge is 2.31. The first-order valence-electron chi connectivity index (χ1n) is 7.55. The molecule has 3 nitrogen and oxygen atoms in total. The van der Waals surface area contributed by atoms with Gasteiger partial charge in [0.05, 0.1) is 7.11 Å². The third kappa shape index (κ3) is 2.42. The minimum Gasteiger partial charge on any atom is -0.494 e. The highest BCUT2D eigenvalue weighted by atomic mass is 19.1. The lowest BCUT2D eigenvalue weighted by atomic mass is 10.1. The molecule has 110 valence electrons. The van der Waals surface area contributed by atoms with Crippen LogP contribution >= 0.6 is 0 Å². The first-order chi connectivity index (χ1) is 9.72. The largest absolute Gasteiger partial charge is 0.494 e. The number of aryl methyl sites for hydroxylation is 1. The Morgan fingerprint density at radius 1 is 1.25 bits per heavy atom. The van der Waals surface area contributed by atoms with Crippen molar-refractivity contribution in [3.8, 4) is 5.75 Å². The van der Waals surface area contributed by atoms with Crippen LogP contribution in [-0.2, 0) is 6.42 Å². The van der Waals surface area contributed by atoms with Gasteiger partial charge in [0.1, 0.15) is 0 Å². The molecule has 0 N–H and O–H groups in total. The maximum absolute atomic E-state index is 13.8. The van der Waals surface area contributed by atoms with Crippen molar-refractivity contribution in [1.29, 1.82) is 0 Å².